The number of nitrogens with zero attached hydrogens (tertiary/aromatic N) is 1. The summed E-state index contributed by atoms with van der Waals surface area (Å²) in [5.74, 6) is 1.26. The summed E-state index contributed by atoms with van der Waals surface area (Å²) in [6, 6.07) is 17.6. The van der Waals surface area contributed by atoms with E-state index in [1.165, 1.54) is 23.9 Å². The predicted molar refractivity (Wildman–Crippen MR) is 107 cm³/mol. The van der Waals surface area contributed by atoms with Gasteiger partial charge in [-0.2, -0.15) is 0 Å². The molecule has 0 bridgehead atoms. The van der Waals surface area contributed by atoms with Crippen LogP contribution in [0.4, 0.5) is 17.2 Å². The van der Waals surface area contributed by atoms with Crippen LogP contribution in [0.5, 0.6) is 5.75 Å². The van der Waals surface area contributed by atoms with E-state index in [-0.39, 0.29) is 4.90 Å². The zero-order chi connectivity index (χ0) is 19.3. The second kappa shape index (κ2) is 8.09. The van der Waals surface area contributed by atoms with Crippen molar-refractivity contribution in [3.8, 4) is 5.75 Å². The Morgan fingerprint density at radius 3 is 2.19 bits per heavy atom. The minimum atomic E-state index is -3.69. The molecule has 0 fully saturated rings. The third-order valence-electron chi connectivity index (χ3n) is 3.78. The van der Waals surface area contributed by atoms with Gasteiger partial charge in [0.15, 0.2) is 0 Å². The normalized spacial score (nSPS) is 11.0. The molecule has 140 valence electrons. The lowest BCUT2D eigenvalue weighted by atomic mass is 10.2. The second-order valence-corrected chi connectivity index (χ2v) is 7.62. The smallest absolute Gasteiger partial charge is 0.261 e. The molecule has 3 aromatic rings. The van der Waals surface area contributed by atoms with Crippen molar-refractivity contribution in [3.63, 3.8) is 0 Å². The van der Waals surface area contributed by atoms with Crippen molar-refractivity contribution >= 4 is 27.2 Å². The van der Waals surface area contributed by atoms with Crippen LogP contribution in [0.15, 0.2) is 71.8 Å². The van der Waals surface area contributed by atoms with E-state index >= 15 is 0 Å². The van der Waals surface area contributed by atoms with Gasteiger partial charge in [-0.3, -0.25) is 4.72 Å². The first-order valence-electron chi connectivity index (χ1n) is 8.52. The summed E-state index contributed by atoms with van der Waals surface area (Å²) in [5, 5.41) is 3.17. The molecule has 2 aromatic carbocycles. The van der Waals surface area contributed by atoms with E-state index in [0.29, 0.717) is 23.9 Å². The number of benzene rings is 2. The average molecular weight is 383 g/mol. The Kier molecular flexibility index (Phi) is 5.61. The quantitative estimate of drug-likeness (QED) is 0.635. The zero-order valence-corrected chi connectivity index (χ0v) is 16.0. The number of aromatic nitrogens is 1. The van der Waals surface area contributed by atoms with Crippen LogP contribution in [0.3, 0.4) is 0 Å². The molecule has 0 aliphatic carbocycles. The zero-order valence-electron chi connectivity index (χ0n) is 15.1. The molecule has 3 rings (SSSR count). The first-order chi connectivity index (χ1) is 13.0. The number of rotatable bonds is 7. The lowest BCUT2D eigenvalue weighted by Gasteiger charge is -2.10. The predicted octanol–water partition coefficient (Wildman–Crippen LogP) is 4.33. The molecule has 1 aromatic heterocycles. The van der Waals surface area contributed by atoms with E-state index in [9.17, 15) is 8.42 Å². The topological polar surface area (TPSA) is 80.3 Å². The molecule has 6 nitrogen and oxygen atoms in total. The number of pyridine rings is 1. The van der Waals surface area contributed by atoms with Crippen LogP contribution < -0.4 is 14.8 Å². The molecule has 0 spiro atoms. The van der Waals surface area contributed by atoms with Crippen molar-refractivity contribution in [1.82, 2.24) is 4.98 Å². The molecular formula is C20H21N3O3S. The first kappa shape index (κ1) is 18.7. The Bertz CT molecular complexity index is 984. The fraction of sp³-hybridized carbons (Fsp3) is 0.150. The highest BCUT2D eigenvalue weighted by Gasteiger charge is 2.14. The average Bonchev–Trinajstić information content (AvgIpc) is 2.66. The Morgan fingerprint density at radius 2 is 1.59 bits per heavy atom. The summed E-state index contributed by atoms with van der Waals surface area (Å²) in [6.07, 6.45) is 1.47. The highest BCUT2D eigenvalue weighted by molar-refractivity contribution is 7.92. The lowest BCUT2D eigenvalue weighted by molar-refractivity contribution is 0.340. The van der Waals surface area contributed by atoms with Gasteiger partial charge in [0.2, 0.25) is 0 Å². The van der Waals surface area contributed by atoms with Crippen molar-refractivity contribution in [2.24, 2.45) is 0 Å². The van der Waals surface area contributed by atoms with Gasteiger partial charge in [-0.15, -0.1) is 0 Å². The third-order valence-corrected chi connectivity index (χ3v) is 5.18. The number of hydrogen-bond donors (Lipinski definition) is 2. The molecule has 0 amide bonds. The molecule has 1 heterocycles. The number of aryl methyl sites for hydroxylation is 1. The molecule has 0 atom stereocenters. The minimum absolute atomic E-state index is 0.160. The van der Waals surface area contributed by atoms with Crippen molar-refractivity contribution in [1.29, 1.82) is 0 Å². The van der Waals surface area contributed by atoms with Crippen molar-refractivity contribution in [2.75, 3.05) is 16.6 Å². The minimum Gasteiger partial charge on any atom is -0.494 e. The summed E-state index contributed by atoms with van der Waals surface area (Å²) in [6.45, 7) is 4.42. The summed E-state index contributed by atoms with van der Waals surface area (Å²) in [5.41, 5.74) is 2.47. The van der Waals surface area contributed by atoms with E-state index in [4.69, 9.17) is 4.74 Å². The van der Waals surface area contributed by atoms with Crippen LogP contribution >= 0.6 is 0 Å². The van der Waals surface area contributed by atoms with Gasteiger partial charge >= 0.3 is 0 Å². The van der Waals surface area contributed by atoms with Crippen LogP contribution in [-0.2, 0) is 10.0 Å². The number of sulfonamides is 1. The maximum absolute atomic E-state index is 12.5. The van der Waals surface area contributed by atoms with E-state index in [2.05, 4.69) is 15.0 Å². The Hall–Kier alpha value is -3.06. The highest BCUT2D eigenvalue weighted by atomic mass is 32.2. The summed E-state index contributed by atoms with van der Waals surface area (Å²) in [4.78, 5) is 4.41. The maximum Gasteiger partial charge on any atom is 0.261 e. The maximum atomic E-state index is 12.5. The SMILES string of the molecule is CCOc1ccc(S(=O)(=O)Nc2ccc(Nc3ccc(C)cc3)nc2)cc1. The second-order valence-electron chi connectivity index (χ2n) is 5.93. The number of nitrogens with one attached hydrogen (secondary N) is 2. The summed E-state index contributed by atoms with van der Waals surface area (Å²) < 4.78 is 32.8. The van der Waals surface area contributed by atoms with Crippen LogP contribution in [-0.4, -0.2) is 20.0 Å². The Morgan fingerprint density at radius 1 is 0.926 bits per heavy atom. The van der Waals surface area contributed by atoms with E-state index in [0.717, 1.165) is 5.69 Å². The molecule has 0 saturated carbocycles. The van der Waals surface area contributed by atoms with Gasteiger partial charge in [0.05, 0.1) is 23.4 Å². The number of hydrogen-bond acceptors (Lipinski definition) is 5. The molecule has 2 N–H and O–H groups in total. The number of ether oxygens (including phenoxy) is 1. The number of anilines is 3. The van der Waals surface area contributed by atoms with Gasteiger partial charge in [-0.05, 0) is 62.4 Å². The van der Waals surface area contributed by atoms with Crippen LogP contribution in [0.2, 0.25) is 0 Å². The summed E-state index contributed by atoms with van der Waals surface area (Å²) >= 11 is 0. The monoisotopic (exact) mass is 383 g/mol. The molecule has 0 saturated heterocycles. The van der Waals surface area contributed by atoms with Crippen molar-refractivity contribution < 1.29 is 13.2 Å². The van der Waals surface area contributed by atoms with Gasteiger partial charge in [0.25, 0.3) is 10.0 Å². The van der Waals surface area contributed by atoms with Gasteiger partial charge in [0.1, 0.15) is 11.6 Å². The largest absolute Gasteiger partial charge is 0.494 e. The lowest BCUT2D eigenvalue weighted by Crippen LogP contribution is -2.13. The van der Waals surface area contributed by atoms with E-state index < -0.39 is 10.0 Å². The van der Waals surface area contributed by atoms with Crippen LogP contribution in [0, 0.1) is 6.92 Å². The molecule has 0 unspecified atom stereocenters. The van der Waals surface area contributed by atoms with Crippen LogP contribution in [0.1, 0.15) is 12.5 Å². The fourth-order valence-electron chi connectivity index (χ4n) is 2.41. The van der Waals surface area contributed by atoms with E-state index in [1.54, 1.807) is 24.3 Å². The summed E-state index contributed by atoms with van der Waals surface area (Å²) in [7, 11) is -3.69. The molecule has 0 aliphatic rings. The standard InChI is InChI=1S/C20H21N3O3S/c1-3-26-18-9-11-19(12-10-18)27(24,25)23-17-8-13-20(21-14-17)22-16-6-4-15(2)5-7-16/h4-14,23H,3H2,1-2H3,(H,21,22). The Balaban J connectivity index is 1.68. The molecule has 0 aliphatic heterocycles. The molecular weight excluding hydrogens is 362 g/mol. The van der Waals surface area contributed by atoms with Crippen molar-refractivity contribution in [3.05, 3.63) is 72.4 Å². The molecule has 27 heavy (non-hydrogen) atoms. The van der Waals surface area contributed by atoms with Crippen LogP contribution in [0.25, 0.3) is 0 Å². The highest BCUT2D eigenvalue weighted by Crippen LogP contribution is 2.21. The molecule has 7 heteroatoms. The van der Waals surface area contributed by atoms with Gasteiger partial charge in [0, 0.05) is 5.69 Å². The third kappa shape index (κ3) is 4.98. The van der Waals surface area contributed by atoms with Gasteiger partial charge in [-0.25, -0.2) is 13.4 Å². The Labute approximate surface area is 159 Å². The van der Waals surface area contributed by atoms with Gasteiger partial charge < -0.3 is 10.1 Å². The van der Waals surface area contributed by atoms with E-state index in [1.807, 2.05) is 38.1 Å². The van der Waals surface area contributed by atoms with Crippen molar-refractivity contribution in [2.45, 2.75) is 18.7 Å². The van der Waals surface area contributed by atoms with Gasteiger partial charge in [-0.1, -0.05) is 17.7 Å². The first-order valence-corrected chi connectivity index (χ1v) is 10.00. The molecule has 0 radical (unpaired) electrons. The fourth-order valence-corrected chi connectivity index (χ4v) is 3.45.